The summed E-state index contributed by atoms with van der Waals surface area (Å²) in [6.07, 6.45) is 3.72. The van der Waals surface area contributed by atoms with Crippen LogP contribution in [-0.2, 0) is 11.2 Å². The molecule has 0 spiro atoms. The lowest BCUT2D eigenvalue weighted by molar-refractivity contribution is -0.384. The Balaban J connectivity index is 1.94. The number of hydrogen-bond acceptors (Lipinski definition) is 6. The fourth-order valence-corrected chi connectivity index (χ4v) is 2.90. The van der Waals surface area contributed by atoms with Crippen molar-refractivity contribution in [2.24, 2.45) is 5.41 Å². The van der Waals surface area contributed by atoms with Crippen molar-refractivity contribution < 1.29 is 9.72 Å². The van der Waals surface area contributed by atoms with Crippen molar-refractivity contribution in [1.29, 1.82) is 0 Å². The lowest BCUT2D eigenvalue weighted by atomic mass is 9.93. The van der Waals surface area contributed by atoms with Gasteiger partial charge in [-0.3, -0.25) is 20.2 Å². The van der Waals surface area contributed by atoms with Gasteiger partial charge in [0.25, 0.3) is 5.69 Å². The van der Waals surface area contributed by atoms with E-state index in [-0.39, 0.29) is 17.0 Å². The molecule has 1 aromatic carbocycles. The van der Waals surface area contributed by atoms with Gasteiger partial charge in [-0.1, -0.05) is 32.1 Å². The third-order valence-electron chi connectivity index (χ3n) is 2.91. The van der Waals surface area contributed by atoms with Crippen LogP contribution >= 0.6 is 11.3 Å². The molecule has 0 fully saturated rings. The zero-order valence-electron chi connectivity index (χ0n) is 13.6. The Labute approximate surface area is 143 Å². The molecule has 1 N–H and O–H groups in total. The highest BCUT2D eigenvalue weighted by Crippen LogP contribution is 2.24. The van der Waals surface area contributed by atoms with E-state index in [2.05, 4.69) is 36.3 Å². The standard InChI is InChI=1S/C16H18N4O3S/c1-16(2,3)10-14-18-19-15(24-14)17-13(21)9-6-11-4-7-12(8-5-11)20(22)23/h4-9H,10H2,1-3H3,(H,17,19,21). The van der Waals surface area contributed by atoms with Gasteiger partial charge in [0.15, 0.2) is 0 Å². The molecule has 1 aromatic heterocycles. The Morgan fingerprint density at radius 3 is 2.54 bits per heavy atom. The maximum Gasteiger partial charge on any atom is 0.269 e. The highest BCUT2D eigenvalue weighted by molar-refractivity contribution is 7.15. The maximum atomic E-state index is 11.9. The molecule has 1 heterocycles. The summed E-state index contributed by atoms with van der Waals surface area (Å²) in [4.78, 5) is 22.0. The number of aromatic nitrogens is 2. The number of hydrogen-bond donors (Lipinski definition) is 1. The van der Waals surface area contributed by atoms with E-state index in [1.807, 2.05) is 0 Å². The summed E-state index contributed by atoms with van der Waals surface area (Å²) >= 11 is 1.35. The van der Waals surface area contributed by atoms with E-state index in [9.17, 15) is 14.9 Å². The lowest BCUT2D eigenvalue weighted by Crippen LogP contribution is -2.08. The molecule has 0 atom stereocenters. The van der Waals surface area contributed by atoms with E-state index in [0.717, 1.165) is 11.4 Å². The first-order chi connectivity index (χ1) is 11.2. The Hall–Kier alpha value is -2.61. The topological polar surface area (TPSA) is 98.0 Å². The predicted molar refractivity (Wildman–Crippen MR) is 93.8 cm³/mol. The first-order valence-corrected chi connectivity index (χ1v) is 8.10. The van der Waals surface area contributed by atoms with Crippen LogP contribution in [0.1, 0.15) is 31.3 Å². The van der Waals surface area contributed by atoms with E-state index in [1.165, 1.54) is 29.5 Å². The molecule has 0 saturated carbocycles. The number of benzene rings is 1. The molecule has 0 bridgehead atoms. The molecule has 1 amide bonds. The number of anilines is 1. The second kappa shape index (κ2) is 7.31. The fourth-order valence-electron chi connectivity index (χ4n) is 1.86. The van der Waals surface area contributed by atoms with Crippen molar-refractivity contribution in [2.75, 3.05) is 5.32 Å². The summed E-state index contributed by atoms with van der Waals surface area (Å²) in [5, 5.41) is 22.6. The largest absolute Gasteiger partial charge is 0.297 e. The number of rotatable bonds is 5. The van der Waals surface area contributed by atoms with Crippen molar-refractivity contribution in [3.05, 3.63) is 51.0 Å². The van der Waals surface area contributed by atoms with Crippen molar-refractivity contribution in [2.45, 2.75) is 27.2 Å². The Morgan fingerprint density at radius 1 is 1.29 bits per heavy atom. The number of carbonyl (C=O) groups excluding carboxylic acids is 1. The molecule has 0 aliphatic rings. The number of nitro groups is 1. The molecule has 7 nitrogen and oxygen atoms in total. The lowest BCUT2D eigenvalue weighted by Gasteiger charge is -2.14. The second-order valence-electron chi connectivity index (χ2n) is 6.41. The minimum atomic E-state index is -0.467. The quantitative estimate of drug-likeness (QED) is 0.506. The summed E-state index contributed by atoms with van der Waals surface area (Å²) in [5.41, 5.74) is 0.815. The summed E-state index contributed by atoms with van der Waals surface area (Å²) in [6, 6.07) is 5.94. The molecule has 0 unspecified atom stereocenters. The second-order valence-corrected chi connectivity index (χ2v) is 7.47. The number of non-ortho nitro benzene ring substituents is 1. The summed E-state index contributed by atoms with van der Waals surface area (Å²) < 4.78 is 0. The van der Waals surface area contributed by atoms with E-state index < -0.39 is 4.92 Å². The number of nitro benzene ring substituents is 1. The number of nitrogens with one attached hydrogen (secondary N) is 1. The molecule has 126 valence electrons. The zero-order chi connectivity index (χ0) is 17.7. The number of carbonyl (C=O) groups is 1. The Bertz CT molecular complexity index is 760. The van der Waals surface area contributed by atoms with Crippen molar-refractivity contribution in [3.8, 4) is 0 Å². The van der Waals surface area contributed by atoms with E-state index >= 15 is 0 Å². The molecule has 0 aliphatic carbocycles. The van der Waals surface area contributed by atoms with Crippen LogP contribution in [0.3, 0.4) is 0 Å². The normalized spacial score (nSPS) is 11.6. The number of amides is 1. The van der Waals surface area contributed by atoms with Crippen LogP contribution in [0, 0.1) is 15.5 Å². The van der Waals surface area contributed by atoms with Crippen LogP contribution in [0.25, 0.3) is 6.08 Å². The molecule has 0 aliphatic heterocycles. The van der Waals surface area contributed by atoms with Gasteiger partial charge in [-0.15, -0.1) is 10.2 Å². The molecule has 8 heteroatoms. The van der Waals surface area contributed by atoms with Gasteiger partial charge >= 0.3 is 0 Å². The summed E-state index contributed by atoms with van der Waals surface area (Å²) in [5.74, 6) is -0.327. The molecule has 2 aromatic rings. The van der Waals surface area contributed by atoms with E-state index in [1.54, 1.807) is 18.2 Å². The van der Waals surface area contributed by atoms with Gasteiger partial charge in [-0.2, -0.15) is 0 Å². The molecule has 0 radical (unpaired) electrons. The van der Waals surface area contributed by atoms with E-state index in [4.69, 9.17) is 0 Å². The fraction of sp³-hybridized carbons (Fsp3) is 0.312. The average Bonchev–Trinajstić information content (AvgIpc) is 2.90. The molecular weight excluding hydrogens is 328 g/mol. The summed E-state index contributed by atoms with van der Waals surface area (Å²) in [7, 11) is 0. The van der Waals surface area contributed by atoms with E-state index in [0.29, 0.717) is 10.7 Å². The molecular formula is C16H18N4O3S. The highest BCUT2D eigenvalue weighted by atomic mass is 32.1. The van der Waals surface area contributed by atoms with Gasteiger partial charge in [0.05, 0.1) is 4.92 Å². The minimum Gasteiger partial charge on any atom is -0.297 e. The maximum absolute atomic E-state index is 11.9. The Kier molecular flexibility index (Phi) is 5.40. The average molecular weight is 346 g/mol. The van der Waals surface area contributed by atoms with Crippen LogP contribution in [0.2, 0.25) is 0 Å². The predicted octanol–water partition coefficient (Wildman–Crippen LogP) is 3.69. The van der Waals surface area contributed by atoms with Crippen LogP contribution in [0.5, 0.6) is 0 Å². The van der Waals surface area contributed by atoms with Gasteiger partial charge in [0.1, 0.15) is 5.01 Å². The first-order valence-electron chi connectivity index (χ1n) is 7.29. The Morgan fingerprint density at radius 2 is 1.96 bits per heavy atom. The van der Waals surface area contributed by atoms with Gasteiger partial charge in [-0.25, -0.2) is 0 Å². The third-order valence-corrected chi connectivity index (χ3v) is 3.75. The third kappa shape index (κ3) is 5.54. The van der Waals surface area contributed by atoms with Crippen molar-refractivity contribution in [1.82, 2.24) is 10.2 Å². The molecule has 0 saturated heterocycles. The van der Waals surface area contributed by atoms with Gasteiger partial charge in [-0.05, 0) is 29.2 Å². The van der Waals surface area contributed by atoms with Gasteiger partial charge < -0.3 is 0 Å². The zero-order valence-corrected chi connectivity index (χ0v) is 14.5. The van der Waals surface area contributed by atoms with Crippen LogP contribution in [0.15, 0.2) is 30.3 Å². The summed E-state index contributed by atoms with van der Waals surface area (Å²) in [6.45, 7) is 6.33. The van der Waals surface area contributed by atoms with Crippen LogP contribution in [0.4, 0.5) is 10.8 Å². The first kappa shape index (κ1) is 17.7. The highest BCUT2D eigenvalue weighted by Gasteiger charge is 2.15. The number of nitrogens with zero attached hydrogens (tertiary/aromatic N) is 3. The SMILES string of the molecule is CC(C)(C)Cc1nnc(NC(=O)C=Cc2ccc([N+](=O)[O-])cc2)s1. The molecule has 2 rings (SSSR count). The molecule has 24 heavy (non-hydrogen) atoms. The van der Waals surface area contributed by atoms with Crippen LogP contribution in [-0.4, -0.2) is 21.0 Å². The minimum absolute atomic E-state index is 0.0110. The van der Waals surface area contributed by atoms with Crippen LogP contribution < -0.4 is 5.32 Å². The monoisotopic (exact) mass is 346 g/mol. The van der Waals surface area contributed by atoms with Crippen molar-refractivity contribution >= 4 is 34.1 Å². The van der Waals surface area contributed by atoms with Gasteiger partial charge in [0, 0.05) is 24.6 Å². The smallest absolute Gasteiger partial charge is 0.269 e. The van der Waals surface area contributed by atoms with Crippen molar-refractivity contribution in [3.63, 3.8) is 0 Å². The van der Waals surface area contributed by atoms with Gasteiger partial charge in [0.2, 0.25) is 11.0 Å².